The molecule has 0 aliphatic heterocycles. The van der Waals surface area contributed by atoms with Gasteiger partial charge in [0.15, 0.2) is 0 Å². The number of H-pyrrole nitrogens is 2. The van der Waals surface area contributed by atoms with Crippen molar-refractivity contribution in [3.8, 4) is 0 Å². The van der Waals surface area contributed by atoms with Crippen LogP contribution in [-0.4, -0.2) is 21.5 Å². The van der Waals surface area contributed by atoms with Gasteiger partial charge in [0, 0.05) is 17.7 Å². The minimum atomic E-state index is -0.543. The highest BCUT2D eigenvalue weighted by Gasteiger charge is 2.17. The van der Waals surface area contributed by atoms with Gasteiger partial charge in [-0.3, -0.25) is 14.6 Å². The van der Waals surface area contributed by atoms with Gasteiger partial charge in [-0.05, 0) is 34.1 Å². The average Bonchev–Trinajstić information content (AvgIpc) is 2.12. The van der Waals surface area contributed by atoms with Crippen molar-refractivity contribution in [1.82, 2.24) is 9.97 Å². The summed E-state index contributed by atoms with van der Waals surface area (Å²) in [6.07, 6.45) is 0.347. The van der Waals surface area contributed by atoms with Crippen LogP contribution >= 0.6 is 0 Å². The first kappa shape index (κ1) is 14.2. The zero-order valence-electron chi connectivity index (χ0n) is 11.0. The molecule has 100 valence electrons. The lowest BCUT2D eigenvalue weighted by Gasteiger charge is -2.19. The number of rotatable bonds is 3. The highest BCUT2D eigenvalue weighted by molar-refractivity contribution is 5.70. The van der Waals surface area contributed by atoms with Crippen LogP contribution in [0.15, 0.2) is 9.59 Å². The lowest BCUT2D eigenvalue weighted by molar-refractivity contribution is -0.154. The van der Waals surface area contributed by atoms with Crippen LogP contribution in [0.25, 0.3) is 0 Å². The van der Waals surface area contributed by atoms with E-state index in [-0.39, 0.29) is 18.8 Å². The Kier molecular flexibility index (Phi) is 4.11. The molecule has 0 atom stereocenters. The van der Waals surface area contributed by atoms with Crippen molar-refractivity contribution < 1.29 is 9.53 Å². The van der Waals surface area contributed by atoms with E-state index in [4.69, 9.17) is 4.74 Å². The van der Waals surface area contributed by atoms with E-state index in [1.807, 2.05) is 0 Å². The smallest absolute Gasteiger partial charge is 0.325 e. The molecule has 0 saturated heterocycles. The molecule has 2 N–H and O–H groups in total. The Balaban J connectivity index is 2.73. The fourth-order valence-electron chi connectivity index (χ4n) is 1.55. The lowest BCUT2D eigenvalue weighted by Crippen LogP contribution is -2.28. The molecule has 0 saturated carbocycles. The monoisotopic (exact) mass is 254 g/mol. The second-order valence-corrected chi connectivity index (χ2v) is 5.10. The average molecular weight is 254 g/mol. The molecule has 0 fully saturated rings. The van der Waals surface area contributed by atoms with Crippen LogP contribution in [0.3, 0.4) is 0 Å². The summed E-state index contributed by atoms with van der Waals surface area (Å²) >= 11 is 0. The van der Waals surface area contributed by atoms with Crippen LogP contribution in [-0.2, 0) is 16.0 Å². The summed E-state index contributed by atoms with van der Waals surface area (Å²) < 4.78 is 5.14. The first-order chi connectivity index (χ1) is 8.19. The highest BCUT2D eigenvalue weighted by atomic mass is 16.6. The summed E-state index contributed by atoms with van der Waals surface area (Å²) in [5, 5.41) is 0. The molecule has 0 spiro atoms. The number of ether oxygens (including phenoxy) is 1. The van der Waals surface area contributed by atoms with E-state index < -0.39 is 16.9 Å². The molecular weight excluding hydrogens is 236 g/mol. The number of esters is 1. The van der Waals surface area contributed by atoms with E-state index in [1.165, 1.54) is 0 Å². The van der Waals surface area contributed by atoms with Gasteiger partial charge in [0.25, 0.3) is 5.56 Å². The molecule has 18 heavy (non-hydrogen) atoms. The van der Waals surface area contributed by atoms with E-state index in [9.17, 15) is 14.4 Å². The lowest BCUT2D eigenvalue weighted by atomic mass is 10.1. The Morgan fingerprint density at radius 3 is 2.33 bits per heavy atom. The molecule has 0 unspecified atom stereocenters. The standard InChI is InChI=1S/C12H18N2O4/c1-7-8(10(16)14-11(17)13-7)5-6-9(15)18-12(2,3)4/h5-6H2,1-4H3,(H2,13,14,16,17). The van der Waals surface area contributed by atoms with E-state index >= 15 is 0 Å². The molecule has 0 aliphatic rings. The Morgan fingerprint density at radius 2 is 1.83 bits per heavy atom. The van der Waals surface area contributed by atoms with Gasteiger partial charge in [-0.15, -0.1) is 0 Å². The van der Waals surface area contributed by atoms with Crippen LogP contribution in [0.5, 0.6) is 0 Å². The third-order valence-electron chi connectivity index (χ3n) is 2.25. The minimum absolute atomic E-state index is 0.104. The van der Waals surface area contributed by atoms with Crippen molar-refractivity contribution in [3.63, 3.8) is 0 Å². The predicted molar refractivity (Wildman–Crippen MR) is 66.6 cm³/mol. The normalized spacial score (nSPS) is 11.3. The fraction of sp³-hybridized carbons (Fsp3) is 0.583. The van der Waals surface area contributed by atoms with E-state index in [2.05, 4.69) is 9.97 Å². The second kappa shape index (κ2) is 5.20. The number of nitrogens with one attached hydrogen (secondary N) is 2. The SMILES string of the molecule is Cc1[nH]c(=O)[nH]c(=O)c1CCC(=O)OC(C)(C)C. The van der Waals surface area contributed by atoms with Gasteiger partial charge in [0.05, 0.1) is 0 Å². The molecule has 1 rings (SSSR count). The molecule has 1 aromatic rings. The number of hydrogen-bond donors (Lipinski definition) is 2. The molecular formula is C12H18N2O4. The molecule has 0 bridgehead atoms. The summed E-state index contributed by atoms with van der Waals surface area (Å²) in [7, 11) is 0. The Labute approximate surface area is 104 Å². The van der Waals surface area contributed by atoms with Gasteiger partial charge in [0.2, 0.25) is 0 Å². The van der Waals surface area contributed by atoms with Crippen LogP contribution in [0.4, 0.5) is 0 Å². The van der Waals surface area contributed by atoms with Crippen molar-refractivity contribution >= 4 is 5.97 Å². The van der Waals surface area contributed by atoms with Crippen LogP contribution < -0.4 is 11.2 Å². The van der Waals surface area contributed by atoms with Crippen molar-refractivity contribution in [3.05, 3.63) is 32.1 Å². The van der Waals surface area contributed by atoms with E-state index in [0.29, 0.717) is 11.3 Å². The van der Waals surface area contributed by atoms with Gasteiger partial charge in [-0.25, -0.2) is 4.79 Å². The minimum Gasteiger partial charge on any atom is -0.460 e. The largest absolute Gasteiger partial charge is 0.460 e. The van der Waals surface area contributed by atoms with Gasteiger partial charge in [-0.1, -0.05) is 0 Å². The molecule has 6 heteroatoms. The predicted octanol–water partition coefficient (Wildman–Crippen LogP) is 0.646. The van der Waals surface area contributed by atoms with Crippen LogP contribution in [0.1, 0.15) is 38.4 Å². The summed E-state index contributed by atoms with van der Waals surface area (Å²) in [5.74, 6) is -0.368. The zero-order valence-corrected chi connectivity index (χ0v) is 11.0. The molecule has 1 aromatic heterocycles. The third-order valence-corrected chi connectivity index (χ3v) is 2.25. The van der Waals surface area contributed by atoms with Crippen LogP contribution in [0, 0.1) is 6.92 Å². The molecule has 0 aliphatic carbocycles. The number of aromatic amines is 2. The number of carbonyl (C=O) groups is 1. The van der Waals surface area contributed by atoms with E-state index in [0.717, 1.165) is 0 Å². The van der Waals surface area contributed by atoms with Gasteiger partial charge >= 0.3 is 11.7 Å². The van der Waals surface area contributed by atoms with Crippen molar-refractivity contribution in [2.75, 3.05) is 0 Å². The molecule has 0 radical (unpaired) electrons. The number of aryl methyl sites for hydroxylation is 1. The van der Waals surface area contributed by atoms with E-state index in [1.54, 1.807) is 27.7 Å². The Morgan fingerprint density at radius 1 is 1.22 bits per heavy atom. The summed E-state index contributed by atoms with van der Waals surface area (Å²) in [4.78, 5) is 38.7. The van der Waals surface area contributed by atoms with Gasteiger partial charge in [0.1, 0.15) is 5.60 Å². The first-order valence-corrected chi connectivity index (χ1v) is 5.73. The Bertz CT molecular complexity index is 548. The molecule has 6 nitrogen and oxygen atoms in total. The fourth-order valence-corrected chi connectivity index (χ4v) is 1.55. The maximum Gasteiger partial charge on any atom is 0.325 e. The summed E-state index contributed by atoms with van der Waals surface area (Å²) in [6, 6.07) is 0. The van der Waals surface area contributed by atoms with Crippen molar-refractivity contribution in [2.24, 2.45) is 0 Å². The van der Waals surface area contributed by atoms with Crippen LogP contribution in [0.2, 0.25) is 0 Å². The third kappa shape index (κ3) is 4.20. The van der Waals surface area contributed by atoms with Gasteiger partial charge in [-0.2, -0.15) is 0 Å². The molecule has 0 aromatic carbocycles. The molecule has 0 amide bonds. The Hall–Kier alpha value is -1.85. The zero-order chi connectivity index (χ0) is 13.9. The quantitative estimate of drug-likeness (QED) is 0.774. The molecule has 1 heterocycles. The summed E-state index contributed by atoms with van der Waals surface area (Å²) in [6.45, 7) is 6.97. The number of hydrogen-bond acceptors (Lipinski definition) is 4. The topological polar surface area (TPSA) is 92.0 Å². The maximum absolute atomic E-state index is 11.5. The summed E-state index contributed by atoms with van der Waals surface area (Å²) in [5.41, 5.74) is -0.658. The highest BCUT2D eigenvalue weighted by Crippen LogP contribution is 2.09. The van der Waals surface area contributed by atoms with Crippen molar-refractivity contribution in [2.45, 2.75) is 46.1 Å². The number of carbonyl (C=O) groups excluding carboxylic acids is 1. The van der Waals surface area contributed by atoms with Crippen molar-refractivity contribution in [1.29, 1.82) is 0 Å². The maximum atomic E-state index is 11.5. The second-order valence-electron chi connectivity index (χ2n) is 5.10. The number of aromatic nitrogens is 2. The first-order valence-electron chi connectivity index (χ1n) is 5.73. The van der Waals surface area contributed by atoms with Gasteiger partial charge < -0.3 is 9.72 Å².